The van der Waals surface area contributed by atoms with Crippen molar-refractivity contribution in [1.82, 2.24) is 15.0 Å². The van der Waals surface area contributed by atoms with Crippen LogP contribution in [-0.4, -0.2) is 33.2 Å². The van der Waals surface area contributed by atoms with Crippen LogP contribution in [0.3, 0.4) is 0 Å². The number of benzene rings is 1. The number of pyridine rings is 1. The molecule has 2 heterocycles. The Morgan fingerprint density at radius 1 is 0.962 bits per heavy atom. The predicted molar refractivity (Wildman–Crippen MR) is 107 cm³/mol. The number of aromatic nitrogens is 3. The summed E-state index contributed by atoms with van der Waals surface area (Å²) in [6.45, 7) is 1.41. The summed E-state index contributed by atoms with van der Waals surface area (Å²) >= 11 is 3.44. The molecular formula is C19H20BrN5O. The van der Waals surface area contributed by atoms with Crippen LogP contribution in [0.5, 0.6) is 0 Å². The summed E-state index contributed by atoms with van der Waals surface area (Å²) in [7, 11) is 0. The summed E-state index contributed by atoms with van der Waals surface area (Å²) in [5, 5.41) is 15.5. The summed E-state index contributed by atoms with van der Waals surface area (Å²) in [5.41, 5.74) is 2.94. The Bertz CT molecular complexity index is 827. The molecule has 0 fully saturated rings. The number of nitrogens with one attached hydrogen (secondary N) is 2. The molecule has 0 aliphatic heterocycles. The molecule has 7 heteroatoms. The van der Waals surface area contributed by atoms with E-state index in [2.05, 4.69) is 53.6 Å². The van der Waals surface area contributed by atoms with Gasteiger partial charge in [-0.2, -0.15) is 4.98 Å². The summed E-state index contributed by atoms with van der Waals surface area (Å²) < 4.78 is 1.05. The second-order valence-corrected chi connectivity index (χ2v) is 6.60. The third-order valence-corrected chi connectivity index (χ3v) is 4.24. The van der Waals surface area contributed by atoms with Crippen molar-refractivity contribution >= 4 is 27.7 Å². The molecule has 6 nitrogen and oxygen atoms in total. The third-order valence-electron chi connectivity index (χ3n) is 3.71. The molecule has 0 spiro atoms. The molecule has 0 saturated heterocycles. The maximum Gasteiger partial charge on any atom is 0.225 e. The van der Waals surface area contributed by atoms with Crippen molar-refractivity contribution in [2.75, 3.05) is 23.8 Å². The molecule has 0 amide bonds. The van der Waals surface area contributed by atoms with Crippen LogP contribution < -0.4 is 10.6 Å². The SMILES string of the molecule is OCCCNc1nc(NCc2ccc(Br)cc2)cc(-c2ccncc2)n1. The first kappa shape index (κ1) is 18.3. The summed E-state index contributed by atoms with van der Waals surface area (Å²) in [6.07, 6.45) is 4.13. The van der Waals surface area contributed by atoms with Crippen LogP contribution in [0.25, 0.3) is 11.3 Å². The number of rotatable bonds is 8. The molecule has 0 radical (unpaired) electrons. The Hall–Kier alpha value is -2.51. The van der Waals surface area contributed by atoms with Gasteiger partial charge in [0, 0.05) is 48.2 Å². The average molecular weight is 414 g/mol. The van der Waals surface area contributed by atoms with E-state index in [0.717, 1.165) is 27.1 Å². The first-order valence-corrected chi connectivity index (χ1v) is 9.16. The van der Waals surface area contributed by atoms with Crippen LogP contribution in [0.1, 0.15) is 12.0 Å². The van der Waals surface area contributed by atoms with Crippen molar-refractivity contribution in [2.45, 2.75) is 13.0 Å². The number of halogens is 1. The van der Waals surface area contributed by atoms with Crippen molar-refractivity contribution < 1.29 is 5.11 Å². The molecule has 3 aromatic rings. The molecule has 26 heavy (non-hydrogen) atoms. The van der Waals surface area contributed by atoms with Crippen LogP contribution in [0.2, 0.25) is 0 Å². The Kier molecular flexibility index (Phi) is 6.51. The Morgan fingerprint density at radius 3 is 2.46 bits per heavy atom. The lowest BCUT2D eigenvalue weighted by molar-refractivity contribution is 0.292. The lowest BCUT2D eigenvalue weighted by Crippen LogP contribution is -2.10. The molecule has 0 atom stereocenters. The minimum atomic E-state index is 0.131. The fourth-order valence-corrected chi connectivity index (χ4v) is 2.63. The summed E-state index contributed by atoms with van der Waals surface area (Å²) in [6, 6.07) is 13.9. The van der Waals surface area contributed by atoms with Gasteiger partial charge in [-0.15, -0.1) is 0 Å². The highest BCUT2D eigenvalue weighted by molar-refractivity contribution is 9.10. The van der Waals surface area contributed by atoms with E-state index in [1.165, 1.54) is 0 Å². The molecular weight excluding hydrogens is 394 g/mol. The van der Waals surface area contributed by atoms with Crippen molar-refractivity contribution in [3.63, 3.8) is 0 Å². The molecule has 0 bridgehead atoms. The highest BCUT2D eigenvalue weighted by Gasteiger charge is 2.07. The number of hydrogen-bond acceptors (Lipinski definition) is 6. The maximum atomic E-state index is 8.96. The standard InChI is InChI=1S/C19H20BrN5O/c20-16-4-2-14(3-5-16)13-23-18-12-17(15-6-9-21-10-7-15)24-19(25-18)22-8-1-11-26/h2-7,9-10,12,26H,1,8,11,13H2,(H2,22,23,24,25). The number of aliphatic hydroxyl groups is 1. The second kappa shape index (κ2) is 9.26. The Balaban J connectivity index is 1.80. The van der Waals surface area contributed by atoms with Crippen LogP contribution >= 0.6 is 15.9 Å². The number of hydrogen-bond donors (Lipinski definition) is 3. The van der Waals surface area contributed by atoms with Gasteiger partial charge < -0.3 is 15.7 Å². The van der Waals surface area contributed by atoms with Crippen molar-refractivity contribution in [2.24, 2.45) is 0 Å². The summed E-state index contributed by atoms with van der Waals surface area (Å²) in [5.74, 6) is 1.27. The molecule has 0 unspecified atom stereocenters. The monoisotopic (exact) mass is 413 g/mol. The first-order valence-electron chi connectivity index (χ1n) is 8.37. The van der Waals surface area contributed by atoms with Crippen molar-refractivity contribution in [3.8, 4) is 11.3 Å². The minimum Gasteiger partial charge on any atom is -0.396 e. The average Bonchev–Trinajstić information content (AvgIpc) is 2.68. The topological polar surface area (TPSA) is 83.0 Å². The van der Waals surface area contributed by atoms with Gasteiger partial charge in [-0.1, -0.05) is 28.1 Å². The van der Waals surface area contributed by atoms with E-state index in [4.69, 9.17) is 5.11 Å². The van der Waals surface area contributed by atoms with Gasteiger partial charge in [0.05, 0.1) is 5.69 Å². The zero-order valence-corrected chi connectivity index (χ0v) is 15.8. The van der Waals surface area contributed by atoms with Gasteiger partial charge in [0.2, 0.25) is 5.95 Å². The smallest absolute Gasteiger partial charge is 0.225 e. The van der Waals surface area contributed by atoms with E-state index >= 15 is 0 Å². The molecule has 0 aliphatic rings. The van der Waals surface area contributed by atoms with Crippen LogP contribution in [0, 0.1) is 0 Å². The van der Waals surface area contributed by atoms with Gasteiger partial charge in [-0.05, 0) is 36.2 Å². The third kappa shape index (κ3) is 5.24. The number of nitrogens with zero attached hydrogens (tertiary/aromatic N) is 3. The van der Waals surface area contributed by atoms with Crippen molar-refractivity contribution in [3.05, 3.63) is 64.9 Å². The van der Waals surface area contributed by atoms with Gasteiger partial charge in [0.1, 0.15) is 5.82 Å². The quantitative estimate of drug-likeness (QED) is 0.488. The lowest BCUT2D eigenvalue weighted by atomic mass is 10.2. The van der Waals surface area contributed by atoms with Crippen LogP contribution in [0.4, 0.5) is 11.8 Å². The molecule has 3 rings (SSSR count). The first-order chi connectivity index (χ1) is 12.7. The zero-order chi connectivity index (χ0) is 18.2. The van der Waals surface area contributed by atoms with E-state index in [-0.39, 0.29) is 6.61 Å². The molecule has 0 saturated carbocycles. The maximum absolute atomic E-state index is 8.96. The predicted octanol–water partition coefficient (Wildman–Crippen LogP) is 3.71. The molecule has 3 N–H and O–H groups in total. The highest BCUT2D eigenvalue weighted by Crippen LogP contribution is 2.21. The van der Waals surface area contributed by atoms with E-state index < -0.39 is 0 Å². The molecule has 1 aromatic carbocycles. The van der Waals surface area contributed by atoms with Gasteiger partial charge in [-0.25, -0.2) is 4.98 Å². The number of aliphatic hydroxyl groups excluding tert-OH is 1. The number of anilines is 2. The fourth-order valence-electron chi connectivity index (χ4n) is 2.36. The van der Waals surface area contributed by atoms with Gasteiger partial charge in [-0.3, -0.25) is 4.98 Å². The largest absolute Gasteiger partial charge is 0.396 e. The zero-order valence-electron chi connectivity index (χ0n) is 14.2. The van der Waals surface area contributed by atoms with E-state index in [9.17, 15) is 0 Å². The fraction of sp³-hybridized carbons (Fsp3) is 0.211. The van der Waals surface area contributed by atoms with Crippen molar-refractivity contribution in [1.29, 1.82) is 0 Å². The highest BCUT2D eigenvalue weighted by atomic mass is 79.9. The second-order valence-electron chi connectivity index (χ2n) is 5.68. The van der Waals surface area contributed by atoms with E-state index in [1.807, 2.05) is 30.3 Å². The Morgan fingerprint density at radius 2 is 1.73 bits per heavy atom. The Labute approximate surface area is 160 Å². The minimum absolute atomic E-state index is 0.131. The van der Waals surface area contributed by atoms with E-state index in [0.29, 0.717) is 25.5 Å². The van der Waals surface area contributed by atoms with Crippen LogP contribution in [-0.2, 0) is 6.54 Å². The summed E-state index contributed by atoms with van der Waals surface area (Å²) in [4.78, 5) is 13.1. The van der Waals surface area contributed by atoms with Crippen LogP contribution in [0.15, 0.2) is 59.3 Å². The van der Waals surface area contributed by atoms with Gasteiger partial charge in [0.15, 0.2) is 0 Å². The van der Waals surface area contributed by atoms with E-state index in [1.54, 1.807) is 12.4 Å². The normalized spacial score (nSPS) is 10.5. The molecule has 134 valence electrons. The lowest BCUT2D eigenvalue weighted by Gasteiger charge is -2.11. The van der Waals surface area contributed by atoms with Gasteiger partial charge in [0.25, 0.3) is 0 Å². The molecule has 0 aliphatic carbocycles. The van der Waals surface area contributed by atoms with Gasteiger partial charge >= 0.3 is 0 Å². The molecule has 2 aromatic heterocycles.